The lowest BCUT2D eigenvalue weighted by atomic mass is 10.0. The highest BCUT2D eigenvalue weighted by molar-refractivity contribution is 5.75. The Bertz CT molecular complexity index is 242. The van der Waals surface area contributed by atoms with Gasteiger partial charge >= 0.3 is 0 Å². The van der Waals surface area contributed by atoms with Gasteiger partial charge < -0.3 is 15.4 Å². The third-order valence-corrected chi connectivity index (χ3v) is 3.56. The van der Waals surface area contributed by atoms with Crippen LogP contribution in [0.2, 0.25) is 0 Å². The lowest BCUT2D eigenvalue weighted by Gasteiger charge is -2.18. The number of carbonyl (C=O) groups is 1. The molecular weight excluding hydrogens is 228 g/mol. The van der Waals surface area contributed by atoms with Gasteiger partial charge in [0.2, 0.25) is 5.91 Å². The smallest absolute Gasteiger partial charge is 0.222 e. The van der Waals surface area contributed by atoms with Crippen molar-refractivity contribution in [3.8, 4) is 0 Å². The van der Waals surface area contributed by atoms with E-state index in [1.54, 1.807) is 4.90 Å². The Balaban J connectivity index is 2.00. The van der Waals surface area contributed by atoms with Gasteiger partial charge in [-0.2, -0.15) is 0 Å². The largest absolute Gasteiger partial charge is 0.379 e. The van der Waals surface area contributed by atoms with Gasteiger partial charge in [-0.1, -0.05) is 6.92 Å². The van der Waals surface area contributed by atoms with Gasteiger partial charge in [0.15, 0.2) is 0 Å². The SMILES string of the molecule is CC(CCN)CCC(=O)N(C)CCOCC1CC1. The van der Waals surface area contributed by atoms with Crippen molar-refractivity contribution in [2.24, 2.45) is 17.6 Å². The minimum absolute atomic E-state index is 0.217. The Kier molecular flexibility index (Phi) is 7.28. The minimum Gasteiger partial charge on any atom is -0.379 e. The van der Waals surface area contributed by atoms with Crippen molar-refractivity contribution >= 4 is 5.91 Å². The van der Waals surface area contributed by atoms with Crippen molar-refractivity contribution in [2.75, 3.05) is 33.4 Å². The van der Waals surface area contributed by atoms with E-state index in [2.05, 4.69) is 6.92 Å². The molecular formula is C14H28N2O2. The fourth-order valence-corrected chi connectivity index (χ4v) is 1.85. The monoisotopic (exact) mass is 256 g/mol. The van der Waals surface area contributed by atoms with E-state index in [4.69, 9.17) is 10.5 Å². The zero-order valence-corrected chi connectivity index (χ0v) is 11.9. The van der Waals surface area contributed by atoms with Gasteiger partial charge in [-0.25, -0.2) is 0 Å². The van der Waals surface area contributed by atoms with Crippen molar-refractivity contribution in [3.05, 3.63) is 0 Å². The summed E-state index contributed by atoms with van der Waals surface area (Å²) in [6.07, 6.45) is 5.19. The van der Waals surface area contributed by atoms with Gasteiger partial charge in [0.1, 0.15) is 0 Å². The Morgan fingerprint density at radius 1 is 1.44 bits per heavy atom. The second-order valence-corrected chi connectivity index (χ2v) is 5.55. The predicted octanol–water partition coefficient (Wildman–Crippen LogP) is 1.64. The van der Waals surface area contributed by atoms with Crippen LogP contribution < -0.4 is 5.73 Å². The molecule has 1 aliphatic rings. The Hall–Kier alpha value is -0.610. The normalized spacial score (nSPS) is 16.6. The number of rotatable bonds is 10. The molecule has 0 spiro atoms. The molecule has 0 aromatic rings. The molecule has 0 saturated heterocycles. The van der Waals surface area contributed by atoms with Crippen LogP contribution in [0.3, 0.4) is 0 Å². The van der Waals surface area contributed by atoms with Crippen molar-refractivity contribution in [2.45, 2.75) is 39.0 Å². The summed E-state index contributed by atoms with van der Waals surface area (Å²) < 4.78 is 5.53. The summed E-state index contributed by atoms with van der Waals surface area (Å²) in [6, 6.07) is 0. The average molecular weight is 256 g/mol. The molecule has 1 atom stereocenters. The van der Waals surface area contributed by atoms with Crippen LogP contribution in [-0.4, -0.2) is 44.2 Å². The number of amides is 1. The molecule has 4 nitrogen and oxygen atoms in total. The Labute approximate surface area is 111 Å². The first kappa shape index (κ1) is 15.4. The Morgan fingerprint density at radius 2 is 2.17 bits per heavy atom. The first-order chi connectivity index (χ1) is 8.63. The third kappa shape index (κ3) is 6.97. The first-order valence-corrected chi connectivity index (χ1v) is 7.15. The topological polar surface area (TPSA) is 55.6 Å². The van der Waals surface area contributed by atoms with E-state index in [0.29, 0.717) is 32.0 Å². The molecule has 0 aromatic heterocycles. The molecule has 1 aliphatic carbocycles. The fourth-order valence-electron chi connectivity index (χ4n) is 1.85. The highest BCUT2D eigenvalue weighted by atomic mass is 16.5. The lowest BCUT2D eigenvalue weighted by Crippen LogP contribution is -2.30. The summed E-state index contributed by atoms with van der Waals surface area (Å²) >= 11 is 0. The van der Waals surface area contributed by atoms with Crippen LogP contribution in [0.15, 0.2) is 0 Å². The fraction of sp³-hybridized carbons (Fsp3) is 0.929. The van der Waals surface area contributed by atoms with E-state index < -0.39 is 0 Å². The van der Waals surface area contributed by atoms with Crippen molar-refractivity contribution in [1.29, 1.82) is 0 Å². The molecule has 2 N–H and O–H groups in total. The molecule has 0 bridgehead atoms. The first-order valence-electron chi connectivity index (χ1n) is 7.15. The Morgan fingerprint density at radius 3 is 2.78 bits per heavy atom. The highest BCUT2D eigenvalue weighted by Gasteiger charge is 2.21. The molecule has 1 fully saturated rings. The second kappa shape index (κ2) is 8.48. The zero-order chi connectivity index (χ0) is 13.4. The highest BCUT2D eigenvalue weighted by Crippen LogP contribution is 2.28. The van der Waals surface area contributed by atoms with Crippen LogP contribution in [0.25, 0.3) is 0 Å². The number of carbonyl (C=O) groups excluding carboxylic acids is 1. The summed E-state index contributed by atoms with van der Waals surface area (Å²) in [5, 5.41) is 0. The standard InChI is InChI=1S/C14H28N2O2/c1-12(7-8-15)3-6-14(17)16(2)9-10-18-11-13-4-5-13/h12-13H,3-11,15H2,1-2H3. The van der Waals surface area contributed by atoms with Gasteiger partial charge in [0.05, 0.1) is 6.61 Å². The van der Waals surface area contributed by atoms with Crippen molar-refractivity contribution < 1.29 is 9.53 Å². The van der Waals surface area contributed by atoms with Crippen LogP contribution in [0.1, 0.15) is 39.0 Å². The maximum Gasteiger partial charge on any atom is 0.222 e. The molecule has 0 aromatic carbocycles. The molecule has 4 heteroatoms. The van der Waals surface area contributed by atoms with E-state index in [1.807, 2.05) is 7.05 Å². The molecule has 1 saturated carbocycles. The van der Waals surface area contributed by atoms with Crippen molar-refractivity contribution in [3.63, 3.8) is 0 Å². The van der Waals surface area contributed by atoms with Crippen molar-refractivity contribution in [1.82, 2.24) is 4.90 Å². The molecule has 1 unspecified atom stereocenters. The van der Waals surface area contributed by atoms with E-state index in [-0.39, 0.29) is 5.91 Å². The van der Waals surface area contributed by atoms with Crippen LogP contribution in [0.5, 0.6) is 0 Å². The molecule has 1 rings (SSSR count). The molecule has 18 heavy (non-hydrogen) atoms. The van der Waals surface area contributed by atoms with E-state index in [9.17, 15) is 4.79 Å². The lowest BCUT2D eigenvalue weighted by molar-refractivity contribution is -0.130. The van der Waals surface area contributed by atoms with Crippen LogP contribution in [-0.2, 0) is 9.53 Å². The average Bonchev–Trinajstić information content (AvgIpc) is 3.15. The summed E-state index contributed by atoms with van der Waals surface area (Å²) in [7, 11) is 1.86. The van der Waals surface area contributed by atoms with Gasteiger partial charge in [-0.05, 0) is 44.1 Å². The minimum atomic E-state index is 0.217. The molecule has 0 heterocycles. The van der Waals surface area contributed by atoms with Crippen LogP contribution in [0, 0.1) is 11.8 Å². The molecule has 0 aliphatic heterocycles. The zero-order valence-electron chi connectivity index (χ0n) is 11.9. The molecule has 106 valence electrons. The summed E-state index contributed by atoms with van der Waals surface area (Å²) in [6.45, 7) is 5.10. The quantitative estimate of drug-likeness (QED) is 0.605. The molecule has 1 amide bonds. The van der Waals surface area contributed by atoms with Gasteiger partial charge in [0, 0.05) is 26.6 Å². The number of nitrogens with zero attached hydrogens (tertiary/aromatic N) is 1. The number of nitrogens with two attached hydrogens (primary N) is 1. The van der Waals surface area contributed by atoms with Crippen LogP contribution in [0.4, 0.5) is 0 Å². The van der Waals surface area contributed by atoms with Gasteiger partial charge in [-0.15, -0.1) is 0 Å². The van der Waals surface area contributed by atoms with Gasteiger partial charge in [-0.3, -0.25) is 4.79 Å². The second-order valence-electron chi connectivity index (χ2n) is 5.55. The van der Waals surface area contributed by atoms with Gasteiger partial charge in [0.25, 0.3) is 0 Å². The maximum atomic E-state index is 11.8. The predicted molar refractivity (Wildman–Crippen MR) is 73.2 cm³/mol. The number of hydrogen-bond donors (Lipinski definition) is 1. The summed E-state index contributed by atoms with van der Waals surface area (Å²) in [5.41, 5.74) is 5.49. The van der Waals surface area contributed by atoms with E-state index in [0.717, 1.165) is 25.4 Å². The van der Waals surface area contributed by atoms with E-state index in [1.165, 1.54) is 12.8 Å². The maximum absolute atomic E-state index is 11.8. The summed E-state index contributed by atoms with van der Waals surface area (Å²) in [5.74, 6) is 1.55. The number of likely N-dealkylation sites (N-methyl/N-ethyl adjacent to an activating group) is 1. The number of hydrogen-bond acceptors (Lipinski definition) is 3. The number of ether oxygens (including phenoxy) is 1. The van der Waals surface area contributed by atoms with E-state index >= 15 is 0 Å². The third-order valence-electron chi connectivity index (χ3n) is 3.56. The van der Waals surface area contributed by atoms with Crippen LogP contribution >= 0.6 is 0 Å². The molecule has 0 radical (unpaired) electrons. The summed E-state index contributed by atoms with van der Waals surface area (Å²) in [4.78, 5) is 13.6.